The molecule has 0 aliphatic rings. The van der Waals surface area contributed by atoms with Crippen molar-refractivity contribution in [2.75, 3.05) is 66.7 Å². The fourth-order valence-electron chi connectivity index (χ4n) is 6.45. The number of nitrogens with one attached hydrogen (secondary N) is 2. The number of methoxy groups -OCH3 is 3. The molecule has 0 radical (unpaired) electrons. The van der Waals surface area contributed by atoms with E-state index in [2.05, 4.69) is 47.0 Å². The van der Waals surface area contributed by atoms with Crippen LogP contribution in [-0.2, 0) is 38.0 Å². The number of benzene rings is 3. The van der Waals surface area contributed by atoms with Crippen LogP contribution in [0.4, 0.5) is 4.79 Å². The van der Waals surface area contributed by atoms with E-state index in [0.29, 0.717) is 52.4 Å². The molecule has 0 aliphatic heterocycles. The van der Waals surface area contributed by atoms with Crippen LogP contribution in [0.15, 0.2) is 91.0 Å². The molecule has 310 valence electrons. The van der Waals surface area contributed by atoms with Crippen LogP contribution in [0, 0.1) is 5.41 Å². The number of hydrogen-bond acceptors (Lipinski definition) is 9. The molecule has 2 amide bonds. The molecule has 0 saturated heterocycles. The summed E-state index contributed by atoms with van der Waals surface area (Å²) in [5, 5.41) is 5.96. The zero-order chi connectivity index (χ0) is 41.3. The molecule has 3 aromatic rings. The summed E-state index contributed by atoms with van der Waals surface area (Å²) >= 11 is 1.60. The van der Waals surface area contributed by atoms with E-state index in [0.717, 1.165) is 16.7 Å². The molecule has 0 heterocycles. The molecule has 1 unspecified atom stereocenters. The lowest BCUT2D eigenvalue weighted by atomic mass is 9.84. The first kappa shape index (κ1) is 46.9. The lowest BCUT2D eigenvalue weighted by Gasteiger charge is -2.36. The van der Waals surface area contributed by atoms with Crippen LogP contribution in [0.2, 0.25) is 0 Å². The van der Waals surface area contributed by atoms with Crippen molar-refractivity contribution in [1.82, 2.24) is 10.6 Å². The van der Waals surface area contributed by atoms with E-state index < -0.39 is 39.1 Å². The summed E-state index contributed by atoms with van der Waals surface area (Å²) in [5.74, 6) is -0.0393. The Morgan fingerprint density at radius 3 is 1.50 bits per heavy atom. The van der Waals surface area contributed by atoms with Crippen LogP contribution in [0.25, 0.3) is 0 Å². The number of amides is 2. The van der Waals surface area contributed by atoms with E-state index in [1.165, 1.54) is 0 Å². The number of carbonyl (C=O) groups excluding carboxylic acids is 2. The second-order valence-corrected chi connectivity index (χ2v) is 17.8. The fraction of sp³-hybridized carbons (Fsp3) is 0.556. The van der Waals surface area contributed by atoms with Gasteiger partial charge in [0.05, 0.1) is 54.4 Å². The number of hydrogen-bond donors (Lipinski definition) is 2. The molecule has 2 N–H and O–H groups in total. The second-order valence-electron chi connectivity index (χ2n) is 16.5. The minimum atomic E-state index is -0.895. The van der Waals surface area contributed by atoms with Crippen LogP contribution < -0.4 is 10.6 Å². The predicted octanol–water partition coefficient (Wildman–Crippen LogP) is 8.02. The van der Waals surface area contributed by atoms with Gasteiger partial charge in [-0.3, -0.25) is 4.79 Å². The van der Waals surface area contributed by atoms with Gasteiger partial charge >= 0.3 is 6.09 Å². The van der Waals surface area contributed by atoms with Gasteiger partial charge in [-0.1, -0.05) is 91.0 Å². The zero-order valence-corrected chi connectivity index (χ0v) is 36.1. The number of alkyl carbamates (subject to hydrolysis) is 1. The van der Waals surface area contributed by atoms with Gasteiger partial charge in [0.15, 0.2) is 0 Å². The molecule has 3 rings (SSSR count). The Morgan fingerprint density at radius 2 is 1.07 bits per heavy atom. The topological polar surface area (TPSA) is 114 Å². The van der Waals surface area contributed by atoms with Gasteiger partial charge in [-0.05, 0) is 78.0 Å². The standard InChI is InChI=1S/C45H66N2O8S/c1-41(2,3)55-40(49)47-38(30-56-45(35-20-14-11-15-21-35,36-22-16-12-17-23-36)37-24-18-13-19-25-37)39(48)46-28-26-42(4,5)53-29-27-43(6,7)54-34-44(31-50-8,32-51-9)33-52-10/h11-25,38H,26-34H2,1-10H3,(H,46,48)(H,47,49). The third kappa shape index (κ3) is 14.8. The molecule has 3 aromatic carbocycles. The van der Waals surface area contributed by atoms with Crippen molar-refractivity contribution in [3.05, 3.63) is 108 Å². The molecule has 10 nitrogen and oxygen atoms in total. The Balaban J connectivity index is 1.73. The van der Waals surface area contributed by atoms with Crippen LogP contribution in [0.5, 0.6) is 0 Å². The van der Waals surface area contributed by atoms with E-state index >= 15 is 0 Å². The maximum atomic E-state index is 14.0. The first-order valence-electron chi connectivity index (χ1n) is 19.3. The molecule has 0 bridgehead atoms. The fourth-order valence-corrected chi connectivity index (χ4v) is 8.01. The Kier molecular flexibility index (Phi) is 18.4. The molecule has 11 heteroatoms. The third-order valence-electron chi connectivity index (χ3n) is 9.36. The molecule has 1 atom stereocenters. The summed E-state index contributed by atoms with van der Waals surface area (Å²) in [6, 6.07) is 29.9. The van der Waals surface area contributed by atoms with Crippen molar-refractivity contribution in [2.45, 2.75) is 88.9 Å². The molecular weight excluding hydrogens is 729 g/mol. The number of ether oxygens (including phenoxy) is 6. The zero-order valence-electron chi connectivity index (χ0n) is 35.3. The summed E-state index contributed by atoms with van der Waals surface area (Å²) in [6.07, 6.45) is 0.546. The van der Waals surface area contributed by atoms with Gasteiger partial charge in [-0.15, -0.1) is 11.8 Å². The molecule has 0 aromatic heterocycles. The van der Waals surface area contributed by atoms with Crippen molar-refractivity contribution >= 4 is 23.8 Å². The van der Waals surface area contributed by atoms with Gasteiger partial charge < -0.3 is 39.1 Å². The average Bonchev–Trinajstić information content (AvgIpc) is 3.14. The normalized spacial score (nSPS) is 13.2. The summed E-state index contributed by atoms with van der Waals surface area (Å²) in [4.78, 5) is 27.2. The Hall–Kier alpha value is -3.45. The summed E-state index contributed by atoms with van der Waals surface area (Å²) < 4.78 is 34.1. The number of thioether (sulfide) groups is 1. The van der Waals surface area contributed by atoms with Crippen LogP contribution in [-0.4, -0.2) is 102 Å². The Bertz CT molecular complexity index is 1470. The lowest BCUT2D eigenvalue weighted by Crippen LogP contribution is -2.50. The predicted molar refractivity (Wildman–Crippen MR) is 225 cm³/mol. The smallest absolute Gasteiger partial charge is 0.408 e. The summed E-state index contributed by atoms with van der Waals surface area (Å²) in [6.45, 7) is 16.0. The maximum Gasteiger partial charge on any atom is 0.408 e. The van der Waals surface area contributed by atoms with Crippen LogP contribution in [0.1, 0.15) is 78.0 Å². The van der Waals surface area contributed by atoms with Gasteiger partial charge in [-0.2, -0.15) is 0 Å². The quantitative estimate of drug-likeness (QED) is 0.0871. The molecule has 0 saturated carbocycles. The highest BCUT2D eigenvalue weighted by Gasteiger charge is 2.39. The average molecular weight is 795 g/mol. The summed E-state index contributed by atoms with van der Waals surface area (Å²) in [5.41, 5.74) is 1.01. The monoisotopic (exact) mass is 794 g/mol. The van der Waals surface area contributed by atoms with E-state index in [4.69, 9.17) is 28.4 Å². The Labute approximate surface area is 340 Å². The van der Waals surface area contributed by atoms with Gasteiger partial charge in [0.25, 0.3) is 0 Å². The molecule has 56 heavy (non-hydrogen) atoms. The van der Waals surface area contributed by atoms with E-state index in [9.17, 15) is 9.59 Å². The highest BCUT2D eigenvalue weighted by atomic mass is 32.2. The van der Waals surface area contributed by atoms with Crippen LogP contribution >= 0.6 is 11.8 Å². The number of carbonyl (C=O) groups is 2. The van der Waals surface area contributed by atoms with E-state index in [-0.39, 0.29) is 11.7 Å². The maximum absolute atomic E-state index is 14.0. The van der Waals surface area contributed by atoms with Crippen molar-refractivity contribution in [2.24, 2.45) is 5.41 Å². The first-order valence-corrected chi connectivity index (χ1v) is 20.3. The van der Waals surface area contributed by atoms with Gasteiger partial charge in [0.1, 0.15) is 11.6 Å². The van der Waals surface area contributed by atoms with Crippen molar-refractivity contribution in [1.29, 1.82) is 0 Å². The van der Waals surface area contributed by atoms with Gasteiger partial charge in [0, 0.05) is 33.6 Å². The second kappa shape index (κ2) is 21.9. The van der Waals surface area contributed by atoms with Crippen molar-refractivity contribution in [3.8, 4) is 0 Å². The van der Waals surface area contributed by atoms with E-state index in [1.807, 2.05) is 82.3 Å². The van der Waals surface area contributed by atoms with Crippen molar-refractivity contribution < 1.29 is 38.0 Å². The molecule has 0 fully saturated rings. The largest absolute Gasteiger partial charge is 0.444 e. The minimum Gasteiger partial charge on any atom is -0.444 e. The minimum absolute atomic E-state index is 0.263. The van der Waals surface area contributed by atoms with Gasteiger partial charge in [-0.25, -0.2) is 4.79 Å². The highest BCUT2D eigenvalue weighted by Crippen LogP contribution is 2.48. The van der Waals surface area contributed by atoms with Crippen molar-refractivity contribution in [3.63, 3.8) is 0 Å². The molecular formula is C45H66N2O8S. The molecule has 0 aliphatic carbocycles. The van der Waals surface area contributed by atoms with E-state index in [1.54, 1.807) is 53.9 Å². The lowest BCUT2D eigenvalue weighted by molar-refractivity contribution is -0.135. The molecule has 0 spiro atoms. The Morgan fingerprint density at radius 1 is 0.625 bits per heavy atom. The first-order chi connectivity index (χ1) is 26.5. The SMILES string of the molecule is COCC(COC)(COC)COC(C)(C)CCOC(C)(C)CCNC(=O)C(CSC(c1ccccc1)(c1ccccc1)c1ccccc1)NC(=O)OC(C)(C)C. The third-order valence-corrected chi connectivity index (χ3v) is 11.0. The van der Waals surface area contributed by atoms with Crippen LogP contribution in [0.3, 0.4) is 0 Å². The summed E-state index contributed by atoms with van der Waals surface area (Å²) in [7, 11) is 4.98. The van der Waals surface area contributed by atoms with Gasteiger partial charge in [0.2, 0.25) is 5.91 Å². The number of rotatable bonds is 24. The highest BCUT2D eigenvalue weighted by molar-refractivity contribution is 8.00.